The molecule has 0 bridgehead atoms. The Morgan fingerprint density at radius 3 is 2.38 bits per heavy atom. The zero-order valence-electron chi connectivity index (χ0n) is 14.0. The van der Waals surface area contributed by atoms with Crippen molar-refractivity contribution in [2.45, 2.75) is 37.6 Å². The van der Waals surface area contributed by atoms with E-state index in [0.29, 0.717) is 18.8 Å². The van der Waals surface area contributed by atoms with E-state index in [2.05, 4.69) is 15.3 Å². The van der Waals surface area contributed by atoms with Gasteiger partial charge in [-0.15, -0.1) is 0 Å². The molecule has 4 nitrogen and oxygen atoms in total. The van der Waals surface area contributed by atoms with Gasteiger partial charge in [0.1, 0.15) is 0 Å². The second-order valence-electron chi connectivity index (χ2n) is 6.48. The minimum absolute atomic E-state index is 0.0102. The molecule has 0 spiro atoms. The van der Waals surface area contributed by atoms with E-state index in [1.165, 1.54) is 0 Å². The summed E-state index contributed by atoms with van der Waals surface area (Å²) in [6.45, 7) is 0. The SMILES string of the molecule is CN(C)c1ccc(-c2ccnc(NC3CCC(F)(F)CC3)n2)cc1. The van der Waals surface area contributed by atoms with E-state index in [0.717, 1.165) is 16.9 Å². The predicted molar refractivity (Wildman–Crippen MR) is 92.6 cm³/mol. The molecule has 0 amide bonds. The smallest absolute Gasteiger partial charge is 0.248 e. The van der Waals surface area contributed by atoms with Crippen LogP contribution in [0.5, 0.6) is 0 Å². The average molecular weight is 332 g/mol. The molecule has 1 aromatic heterocycles. The number of anilines is 2. The van der Waals surface area contributed by atoms with E-state index in [9.17, 15) is 8.78 Å². The Kier molecular flexibility index (Phi) is 4.64. The molecule has 0 unspecified atom stereocenters. The van der Waals surface area contributed by atoms with Gasteiger partial charge in [-0.05, 0) is 31.0 Å². The van der Waals surface area contributed by atoms with E-state index in [1.54, 1.807) is 6.20 Å². The number of halogens is 2. The monoisotopic (exact) mass is 332 g/mol. The van der Waals surface area contributed by atoms with Crippen molar-refractivity contribution in [3.8, 4) is 11.3 Å². The predicted octanol–water partition coefficient (Wildman–Crippen LogP) is 4.20. The number of nitrogens with zero attached hydrogens (tertiary/aromatic N) is 3. The molecule has 1 aliphatic rings. The van der Waals surface area contributed by atoms with Gasteiger partial charge in [-0.1, -0.05) is 12.1 Å². The molecular formula is C18H22F2N4. The number of nitrogens with one attached hydrogen (secondary N) is 1. The first kappa shape index (κ1) is 16.6. The molecule has 3 rings (SSSR count). The summed E-state index contributed by atoms with van der Waals surface area (Å²) < 4.78 is 26.5. The van der Waals surface area contributed by atoms with Gasteiger partial charge in [0.25, 0.3) is 0 Å². The zero-order valence-corrected chi connectivity index (χ0v) is 14.0. The average Bonchev–Trinajstić information content (AvgIpc) is 2.57. The number of hydrogen-bond acceptors (Lipinski definition) is 4. The molecule has 24 heavy (non-hydrogen) atoms. The highest BCUT2D eigenvalue weighted by molar-refractivity contribution is 5.63. The molecule has 1 aliphatic carbocycles. The van der Waals surface area contributed by atoms with Gasteiger partial charge in [0.15, 0.2) is 0 Å². The van der Waals surface area contributed by atoms with Gasteiger partial charge in [0.2, 0.25) is 11.9 Å². The van der Waals surface area contributed by atoms with Gasteiger partial charge >= 0.3 is 0 Å². The Morgan fingerprint density at radius 2 is 1.75 bits per heavy atom. The zero-order chi connectivity index (χ0) is 17.2. The molecule has 1 fully saturated rings. The third kappa shape index (κ3) is 3.99. The summed E-state index contributed by atoms with van der Waals surface area (Å²) in [4.78, 5) is 10.8. The maximum atomic E-state index is 13.2. The summed E-state index contributed by atoms with van der Waals surface area (Å²) >= 11 is 0. The lowest BCUT2D eigenvalue weighted by atomic mass is 9.92. The van der Waals surface area contributed by atoms with Crippen LogP contribution >= 0.6 is 0 Å². The van der Waals surface area contributed by atoms with Gasteiger partial charge in [0, 0.05) is 50.4 Å². The number of alkyl halides is 2. The molecule has 1 heterocycles. The first-order chi connectivity index (χ1) is 11.4. The Balaban J connectivity index is 1.70. The fraction of sp³-hybridized carbons (Fsp3) is 0.444. The summed E-state index contributed by atoms with van der Waals surface area (Å²) in [5, 5.41) is 3.19. The second kappa shape index (κ2) is 6.71. The number of aromatic nitrogens is 2. The van der Waals surface area contributed by atoms with Crippen LogP contribution in [0.2, 0.25) is 0 Å². The highest BCUT2D eigenvalue weighted by Gasteiger charge is 2.35. The van der Waals surface area contributed by atoms with Gasteiger partial charge < -0.3 is 10.2 Å². The van der Waals surface area contributed by atoms with E-state index >= 15 is 0 Å². The molecule has 1 N–H and O–H groups in total. The molecule has 6 heteroatoms. The highest BCUT2D eigenvalue weighted by atomic mass is 19.3. The van der Waals surface area contributed by atoms with Crippen LogP contribution in [0, 0.1) is 0 Å². The van der Waals surface area contributed by atoms with Crippen LogP contribution in [0.25, 0.3) is 11.3 Å². The quantitative estimate of drug-likeness (QED) is 0.911. The van der Waals surface area contributed by atoms with E-state index < -0.39 is 5.92 Å². The largest absolute Gasteiger partial charge is 0.378 e. The van der Waals surface area contributed by atoms with Crippen LogP contribution in [0.4, 0.5) is 20.4 Å². The molecule has 0 radical (unpaired) electrons. The standard InChI is InChI=1S/C18H22F2N4/c1-24(2)15-5-3-13(4-6-15)16-9-12-21-17(23-16)22-14-7-10-18(19,20)11-8-14/h3-6,9,12,14H,7-8,10-11H2,1-2H3,(H,21,22,23). The molecule has 1 saturated carbocycles. The summed E-state index contributed by atoms with van der Waals surface area (Å²) in [5.41, 5.74) is 2.94. The lowest BCUT2D eigenvalue weighted by molar-refractivity contribution is -0.0361. The first-order valence-corrected chi connectivity index (χ1v) is 8.18. The Labute approximate surface area is 140 Å². The molecule has 0 atom stereocenters. The van der Waals surface area contributed by atoms with Crippen LogP contribution in [-0.4, -0.2) is 36.0 Å². The lowest BCUT2D eigenvalue weighted by Crippen LogP contribution is -2.32. The molecule has 0 aliphatic heterocycles. The minimum atomic E-state index is -2.52. The summed E-state index contributed by atoms with van der Waals surface area (Å²) in [5.74, 6) is -2.02. The molecule has 128 valence electrons. The number of benzene rings is 1. The topological polar surface area (TPSA) is 41.1 Å². The normalized spacial score (nSPS) is 17.5. The summed E-state index contributed by atoms with van der Waals surface area (Å²) in [6.07, 6.45) is 2.44. The van der Waals surface area contributed by atoms with Crippen LogP contribution < -0.4 is 10.2 Å². The van der Waals surface area contributed by atoms with Gasteiger partial charge in [-0.3, -0.25) is 0 Å². The maximum Gasteiger partial charge on any atom is 0.248 e. The van der Waals surface area contributed by atoms with Gasteiger partial charge in [-0.25, -0.2) is 18.7 Å². The van der Waals surface area contributed by atoms with Crippen molar-refractivity contribution in [2.75, 3.05) is 24.3 Å². The van der Waals surface area contributed by atoms with Crippen molar-refractivity contribution in [1.82, 2.24) is 9.97 Å². The maximum absolute atomic E-state index is 13.2. The molecule has 1 aromatic carbocycles. The van der Waals surface area contributed by atoms with Crippen molar-refractivity contribution in [3.63, 3.8) is 0 Å². The van der Waals surface area contributed by atoms with Gasteiger partial charge in [0.05, 0.1) is 5.69 Å². The fourth-order valence-electron chi connectivity index (χ4n) is 2.89. The summed E-state index contributed by atoms with van der Waals surface area (Å²) in [7, 11) is 3.99. The molecule has 0 saturated heterocycles. The van der Waals surface area contributed by atoms with Crippen LogP contribution in [0.3, 0.4) is 0 Å². The van der Waals surface area contributed by atoms with Crippen molar-refractivity contribution in [2.24, 2.45) is 0 Å². The lowest BCUT2D eigenvalue weighted by Gasteiger charge is -2.28. The minimum Gasteiger partial charge on any atom is -0.378 e. The number of rotatable bonds is 4. The molecule has 2 aromatic rings. The van der Waals surface area contributed by atoms with Crippen molar-refractivity contribution >= 4 is 11.6 Å². The third-order valence-electron chi connectivity index (χ3n) is 4.39. The number of hydrogen-bond donors (Lipinski definition) is 1. The summed E-state index contributed by atoms with van der Waals surface area (Å²) in [6, 6.07) is 9.97. The highest BCUT2D eigenvalue weighted by Crippen LogP contribution is 2.34. The van der Waals surface area contributed by atoms with Crippen LogP contribution in [-0.2, 0) is 0 Å². The van der Waals surface area contributed by atoms with E-state index in [-0.39, 0.29) is 18.9 Å². The van der Waals surface area contributed by atoms with Gasteiger partial charge in [-0.2, -0.15) is 0 Å². The van der Waals surface area contributed by atoms with Crippen molar-refractivity contribution < 1.29 is 8.78 Å². The van der Waals surface area contributed by atoms with Crippen molar-refractivity contribution in [1.29, 1.82) is 0 Å². The second-order valence-corrected chi connectivity index (χ2v) is 6.48. The molecular weight excluding hydrogens is 310 g/mol. The van der Waals surface area contributed by atoms with E-state index in [1.807, 2.05) is 49.3 Å². The van der Waals surface area contributed by atoms with Crippen LogP contribution in [0.15, 0.2) is 36.5 Å². The Morgan fingerprint density at radius 1 is 1.08 bits per heavy atom. The van der Waals surface area contributed by atoms with Crippen LogP contribution in [0.1, 0.15) is 25.7 Å². The van der Waals surface area contributed by atoms with Crippen molar-refractivity contribution in [3.05, 3.63) is 36.5 Å². The Bertz CT molecular complexity index is 676. The first-order valence-electron chi connectivity index (χ1n) is 8.18. The third-order valence-corrected chi connectivity index (χ3v) is 4.39. The fourth-order valence-corrected chi connectivity index (χ4v) is 2.89. The van der Waals surface area contributed by atoms with E-state index in [4.69, 9.17) is 0 Å². The Hall–Kier alpha value is -2.24.